The number of carbonyl (C=O) groups is 2. The third-order valence-corrected chi connectivity index (χ3v) is 9.98. The van der Waals surface area contributed by atoms with Crippen molar-refractivity contribution in [3.8, 4) is 0 Å². The van der Waals surface area contributed by atoms with Crippen molar-refractivity contribution >= 4 is 11.8 Å². The minimum atomic E-state index is -1.78. The maximum atomic E-state index is 12.0. The second kappa shape index (κ2) is 9.53. The van der Waals surface area contributed by atoms with Crippen molar-refractivity contribution in [3.05, 3.63) is 11.6 Å². The van der Waals surface area contributed by atoms with Crippen molar-refractivity contribution in [2.45, 2.75) is 102 Å². The molecule has 0 aromatic rings. The normalized spacial score (nSPS) is 50.3. The number of aliphatic carboxylic acids is 1. The number of carbonyl (C=O) groups excluding carboxylic acids is 2. The molecule has 11 atom stereocenters. The molecule has 0 amide bonds. The summed E-state index contributed by atoms with van der Waals surface area (Å²) in [6.45, 7) is 4.56. The summed E-state index contributed by atoms with van der Waals surface area (Å²) in [4.78, 5) is 23.4. The first-order chi connectivity index (χ1) is 15.6. The van der Waals surface area contributed by atoms with Crippen LogP contribution in [0.1, 0.15) is 65.2 Å². The number of rotatable bonds is 3. The quantitative estimate of drug-likeness (QED) is 0.372. The summed E-state index contributed by atoms with van der Waals surface area (Å²) in [5.41, 5.74) is 1.26. The smallest absolute Gasteiger partial charge is 0.547 e. The zero-order chi connectivity index (χ0) is 23.7. The van der Waals surface area contributed by atoms with Crippen molar-refractivity contribution in [2.75, 3.05) is 0 Å². The molecule has 4 fully saturated rings. The van der Waals surface area contributed by atoms with Gasteiger partial charge < -0.3 is 34.7 Å². The number of fused-ring (bicyclic) bond motifs is 5. The van der Waals surface area contributed by atoms with Crippen molar-refractivity contribution in [2.24, 2.45) is 28.6 Å². The van der Waals surface area contributed by atoms with Crippen LogP contribution in [-0.4, -0.2) is 63.9 Å². The number of hydrogen-bond donors (Lipinski definition) is 3. The summed E-state index contributed by atoms with van der Waals surface area (Å²) in [6, 6.07) is 0. The number of aliphatic hydroxyl groups excluding tert-OH is 3. The molecular weight excluding hydrogens is 451 g/mol. The van der Waals surface area contributed by atoms with Crippen LogP contribution >= 0.6 is 0 Å². The van der Waals surface area contributed by atoms with E-state index in [0.29, 0.717) is 24.2 Å². The van der Waals surface area contributed by atoms with E-state index in [1.54, 1.807) is 0 Å². The Morgan fingerprint density at radius 1 is 1.03 bits per heavy atom. The van der Waals surface area contributed by atoms with E-state index >= 15 is 0 Å². The molecule has 1 saturated heterocycles. The summed E-state index contributed by atoms with van der Waals surface area (Å²) < 4.78 is 11.5. The summed E-state index contributed by atoms with van der Waals surface area (Å²) in [5.74, 6) is 0.115. The fraction of sp³-hybridized carbons (Fsp3) is 0.840. The van der Waals surface area contributed by atoms with Gasteiger partial charge in [0.25, 0.3) is 0 Å². The van der Waals surface area contributed by atoms with Gasteiger partial charge in [0, 0.05) is 6.42 Å². The second-order valence-corrected chi connectivity index (χ2v) is 11.4. The molecule has 8 nitrogen and oxygen atoms in total. The molecule has 3 N–H and O–H groups in total. The number of hydrogen-bond acceptors (Lipinski definition) is 8. The van der Waals surface area contributed by atoms with Crippen LogP contribution in [0.3, 0.4) is 0 Å². The van der Waals surface area contributed by atoms with Gasteiger partial charge in [0.2, 0.25) is 0 Å². The Labute approximate surface area is 222 Å². The first-order valence-electron chi connectivity index (χ1n) is 12.4. The van der Waals surface area contributed by atoms with Gasteiger partial charge in [-0.15, -0.1) is 0 Å². The van der Waals surface area contributed by atoms with E-state index in [-0.39, 0.29) is 52.3 Å². The van der Waals surface area contributed by atoms with E-state index in [1.165, 1.54) is 5.57 Å². The molecule has 1 aliphatic heterocycles. The van der Waals surface area contributed by atoms with Gasteiger partial charge in [0.05, 0.1) is 12.1 Å². The van der Waals surface area contributed by atoms with Gasteiger partial charge in [-0.2, -0.15) is 0 Å². The molecule has 34 heavy (non-hydrogen) atoms. The Balaban J connectivity index is 0.00000274. The van der Waals surface area contributed by atoms with Crippen LogP contribution in [0.2, 0.25) is 0 Å². The third-order valence-electron chi connectivity index (χ3n) is 9.98. The second-order valence-electron chi connectivity index (χ2n) is 11.4. The number of carboxylic acid groups (broad SMARTS) is 1. The van der Waals surface area contributed by atoms with Crippen LogP contribution < -0.4 is 34.7 Å². The van der Waals surface area contributed by atoms with Crippen molar-refractivity contribution in [1.29, 1.82) is 0 Å². The topological polar surface area (TPSA) is 136 Å². The Morgan fingerprint density at radius 3 is 2.47 bits per heavy atom. The van der Waals surface area contributed by atoms with Gasteiger partial charge in [0.1, 0.15) is 24.4 Å². The van der Waals surface area contributed by atoms with E-state index < -0.39 is 36.7 Å². The first kappa shape index (κ1) is 26.7. The van der Waals surface area contributed by atoms with Crippen LogP contribution in [0.25, 0.3) is 0 Å². The Bertz CT molecular complexity index is 862. The molecule has 0 aromatic heterocycles. The number of ether oxygens (including phenoxy) is 2. The van der Waals surface area contributed by atoms with Crippen LogP contribution in [0.4, 0.5) is 0 Å². The number of carboxylic acids is 1. The summed E-state index contributed by atoms with van der Waals surface area (Å²) in [7, 11) is 0. The van der Waals surface area contributed by atoms with E-state index in [0.717, 1.165) is 44.9 Å². The molecule has 4 aliphatic carbocycles. The molecule has 9 heteroatoms. The van der Waals surface area contributed by atoms with Gasteiger partial charge in [0.15, 0.2) is 12.1 Å². The SMILES string of the molecule is CC12CCC(=O)C=C1CCC1C2CCC2(C)C1CC[C@@H]2O[C@H]1OC(C(=O)[O-])[C@H](O)[C@H](O)[C@@H]1O.[Na+]. The third kappa shape index (κ3) is 4.06. The molecule has 184 valence electrons. The molecule has 0 spiro atoms. The maximum absolute atomic E-state index is 12.0. The van der Waals surface area contributed by atoms with Crippen molar-refractivity contribution in [1.82, 2.24) is 0 Å². The summed E-state index contributed by atoms with van der Waals surface area (Å²) >= 11 is 0. The predicted molar refractivity (Wildman–Crippen MR) is 113 cm³/mol. The van der Waals surface area contributed by atoms with Crippen LogP contribution in [-0.2, 0) is 19.1 Å². The number of aliphatic hydroxyl groups is 3. The largest absolute Gasteiger partial charge is 1.00 e. The molecule has 1 heterocycles. The van der Waals surface area contributed by atoms with Gasteiger partial charge in [-0.3, -0.25) is 4.79 Å². The van der Waals surface area contributed by atoms with Crippen LogP contribution in [0.5, 0.6) is 0 Å². The molecule has 6 unspecified atom stereocenters. The van der Waals surface area contributed by atoms with Gasteiger partial charge >= 0.3 is 29.6 Å². The average Bonchev–Trinajstić information content (AvgIpc) is 3.10. The minimum absolute atomic E-state index is 0. The predicted octanol–water partition coefficient (Wildman–Crippen LogP) is -2.53. The standard InChI is InChI=1S/C25H36O8.Na/c1-24-9-7-13(26)11-12(24)3-4-14-15-5-6-17(25(15,2)10-8-16(14)24)32-23-20(29)18(27)19(28)21(33-23)22(30)31;/h11,14-21,23,27-29H,3-10H2,1-2H3,(H,30,31);/q;+1/p-1/t14?,15?,16?,17-,18-,19+,20-,21?,23-,24?,25?;/m0./s1. The molecule has 5 rings (SSSR count). The fourth-order valence-corrected chi connectivity index (χ4v) is 8.05. The Hall–Kier alpha value is -0.320. The van der Waals surface area contributed by atoms with Gasteiger partial charge in [-0.1, -0.05) is 19.4 Å². The Morgan fingerprint density at radius 2 is 1.76 bits per heavy atom. The molecular formula is C25H35NaO8. The summed E-state index contributed by atoms with van der Waals surface area (Å²) in [5, 5.41) is 41.8. The monoisotopic (exact) mass is 486 g/mol. The number of ketones is 1. The van der Waals surface area contributed by atoms with E-state index in [9.17, 15) is 30.0 Å². The van der Waals surface area contributed by atoms with E-state index in [1.807, 2.05) is 6.08 Å². The molecule has 0 bridgehead atoms. The average molecular weight is 487 g/mol. The zero-order valence-corrected chi connectivity index (χ0v) is 22.3. The Kier molecular flexibility index (Phi) is 7.49. The van der Waals surface area contributed by atoms with E-state index in [2.05, 4.69) is 13.8 Å². The maximum Gasteiger partial charge on any atom is 1.00 e. The summed E-state index contributed by atoms with van der Waals surface area (Å²) in [6.07, 6.45) is 0.854. The minimum Gasteiger partial charge on any atom is -0.547 e. The van der Waals surface area contributed by atoms with Crippen molar-refractivity contribution in [3.63, 3.8) is 0 Å². The fourth-order valence-electron chi connectivity index (χ4n) is 8.05. The van der Waals surface area contributed by atoms with E-state index in [4.69, 9.17) is 9.47 Å². The van der Waals surface area contributed by atoms with Gasteiger partial charge in [-0.05, 0) is 79.6 Å². The zero-order valence-electron chi connectivity index (χ0n) is 20.3. The number of allylic oxidation sites excluding steroid dienone is 1. The molecule has 3 saturated carbocycles. The van der Waals surface area contributed by atoms with Crippen molar-refractivity contribution < 1.29 is 69.0 Å². The van der Waals surface area contributed by atoms with Gasteiger partial charge in [-0.25, -0.2) is 0 Å². The van der Waals surface area contributed by atoms with Crippen LogP contribution in [0.15, 0.2) is 11.6 Å². The molecule has 0 radical (unpaired) electrons. The molecule has 0 aromatic carbocycles. The first-order valence-corrected chi connectivity index (χ1v) is 12.4. The van der Waals surface area contributed by atoms with Crippen LogP contribution in [0, 0.1) is 28.6 Å². The molecule has 5 aliphatic rings.